The molecule has 62 valence electrons. The van der Waals surface area contributed by atoms with Crippen LogP contribution in [0.15, 0.2) is 33.9 Å². The molecule has 1 unspecified atom stereocenters. The minimum Gasteiger partial charge on any atom is -0.173 e. The molecule has 2 nitrogen and oxygen atoms in total. The molecule has 12 heavy (non-hydrogen) atoms. The van der Waals surface area contributed by atoms with Crippen molar-refractivity contribution in [2.75, 3.05) is 5.75 Å². The van der Waals surface area contributed by atoms with Gasteiger partial charge in [0.2, 0.25) is 0 Å². The summed E-state index contributed by atoms with van der Waals surface area (Å²) in [4.78, 5) is 0. The molecule has 0 amide bonds. The summed E-state index contributed by atoms with van der Waals surface area (Å²) in [6.07, 6.45) is 0. The van der Waals surface area contributed by atoms with Gasteiger partial charge in [0.1, 0.15) is 6.04 Å². The lowest BCUT2D eigenvalue weighted by Gasteiger charge is -2.03. The Morgan fingerprint density at radius 2 is 2.08 bits per heavy atom. The molecule has 0 saturated carbocycles. The molecule has 0 saturated heterocycles. The Bertz CT molecular complexity index is 292. The van der Waals surface area contributed by atoms with Gasteiger partial charge in [0, 0.05) is 5.75 Å². The van der Waals surface area contributed by atoms with E-state index in [2.05, 4.69) is 40.8 Å². The van der Waals surface area contributed by atoms with E-state index >= 15 is 0 Å². The third-order valence-electron chi connectivity index (χ3n) is 1.94. The van der Waals surface area contributed by atoms with E-state index in [0.29, 0.717) is 0 Å². The van der Waals surface area contributed by atoms with Crippen LogP contribution in [-0.4, -0.2) is 5.75 Å². The van der Waals surface area contributed by atoms with Crippen LogP contribution in [0, 0.1) is 6.92 Å². The molecule has 0 spiro atoms. The first-order chi connectivity index (χ1) is 5.86. The lowest BCUT2D eigenvalue weighted by atomic mass is 10.1. The van der Waals surface area contributed by atoms with Crippen molar-refractivity contribution >= 4 is 11.9 Å². The maximum atomic E-state index is 4.12. The van der Waals surface area contributed by atoms with E-state index in [1.54, 1.807) is 0 Å². The van der Waals surface area contributed by atoms with Gasteiger partial charge in [0.15, 0.2) is 0 Å². The van der Waals surface area contributed by atoms with E-state index in [1.807, 2.05) is 0 Å². The van der Waals surface area contributed by atoms with Gasteiger partial charge in [-0.3, -0.25) is 0 Å². The molecule has 0 radical (unpaired) electrons. The third kappa shape index (κ3) is 1.50. The monoisotopic (exact) mass is 178 g/mol. The fourth-order valence-electron chi connectivity index (χ4n) is 1.18. The van der Waals surface area contributed by atoms with Gasteiger partial charge >= 0.3 is 0 Å². The summed E-state index contributed by atoms with van der Waals surface area (Å²) in [5.74, 6) is 0.989. The van der Waals surface area contributed by atoms with Gasteiger partial charge in [-0.15, -0.1) is 4.52 Å². The minimum absolute atomic E-state index is 0.288. The van der Waals surface area contributed by atoms with Gasteiger partial charge in [-0.2, -0.15) is 5.11 Å². The smallest absolute Gasteiger partial charge is 0.108 e. The van der Waals surface area contributed by atoms with Crippen LogP contribution in [0.1, 0.15) is 17.2 Å². The highest BCUT2D eigenvalue weighted by molar-refractivity contribution is 7.98. The zero-order valence-corrected chi connectivity index (χ0v) is 7.71. The van der Waals surface area contributed by atoms with Gasteiger partial charge in [-0.05, 0) is 24.4 Å². The van der Waals surface area contributed by atoms with Gasteiger partial charge in [-0.25, -0.2) is 0 Å². The molecule has 3 heteroatoms. The van der Waals surface area contributed by atoms with E-state index < -0.39 is 0 Å². The molecule has 0 N–H and O–H groups in total. The molecule has 0 aliphatic carbocycles. The summed E-state index contributed by atoms with van der Waals surface area (Å²) in [7, 11) is 0. The van der Waals surface area contributed by atoms with Crippen LogP contribution < -0.4 is 0 Å². The first-order valence-corrected chi connectivity index (χ1v) is 4.89. The molecule has 1 aliphatic heterocycles. The summed E-state index contributed by atoms with van der Waals surface area (Å²) in [5, 5.41) is 4.12. The SMILES string of the molecule is Cc1ccc(C2CSN=N2)cc1. The van der Waals surface area contributed by atoms with Crippen molar-refractivity contribution in [1.29, 1.82) is 0 Å². The molecule has 1 atom stereocenters. The average Bonchev–Trinajstić information content (AvgIpc) is 2.58. The van der Waals surface area contributed by atoms with Crippen LogP contribution in [0.2, 0.25) is 0 Å². The lowest BCUT2D eigenvalue weighted by molar-refractivity contribution is 0.815. The zero-order chi connectivity index (χ0) is 8.39. The molecule has 0 fully saturated rings. The maximum Gasteiger partial charge on any atom is 0.108 e. The van der Waals surface area contributed by atoms with Crippen LogP contribution in [0.5, 0.6) is 0 Å². The maximum absolute atomic E-state index is 4.12. The van der Waals surface area contributed by atoms with Crippen molar-refractivity contribution in [1.82, 2.24) is 0 Å². The third-order valence-corrected chi connectivity index (χ3v) is 2.61. The van der Waals surface area contributed by atoms with Gasteiger partial charge in [0.25, 0.3) is 0 Å². The molecule has 0 bridgehead atoms. The minimum atomic E-state index is 0.288. The van der Waals surface area contributed by atoms with Crippen molar-refractivity contribution in [2.45, 2.75) is 13.0 Å². The number of hydrogen-bond donors (Lipinski definition) is 0. The second-order valence-corrected chi connectivity index (χ2v) is 3.67. The van der Waals surface area contributed by atoms with Crippen molar-refractivity contribution < 1.29 is 0 Å². The second kappa shape index (κ2) is 3.27. The molecule has 2 rings (SSSR count). The Morgan fingerprint density at radius 1 is 1.33 bits per heavy atom. The standard InChI is InChI=1S/C9H10N2S/c1-7-2-4-8(5-3-7)9-6-12-11-10-9/h2-5,9H,6H2,1H3. The highest BCUT2D eigenvalue weighted by Gasteiger charge is 2.14. The summed E-state index contributed by atoms with van der Waals surface area (Å²) in [6.45, 7) is 2.09. The molecule has 1 aromatic carbocycles. The van der Waals surface area contributed by atoms with Crippen molar-refractivity contribution in [3.8, 4) is 0 Å². The predicted octanol–water partition coefficient (Wildman–Crippen LogP) is 3.15. The van der Waals surface area contributed by atoms with Crippen LogP contribution in [-0.2, 0) is 0 Å². The normalized spacial score (nSPS) is 21.6. The highest BCUT2D eigenvalue weighted by atomic mass is 32.2. The molecule has 1 aromatic rings. The Morgan fingerprint density at radius 3 is 2.67 bits per heavy atom. The van der Waals surface area contributed by atoms with Crippen molar-refractivity contribution in [2.24, 2.45) is 9.63 Å². The second-order valence-electron chi connectivity index (χ2n) is 2.92. The van der Waals surface area contributed by atoms with Crippen LogP contribution >= 0.6 is 11.9 Å². The topological polar surface area (TPSA) is 24.7 Å². The van der Waals surface area contributed by atoms with Crippen molar-refractivity contribution in [3.63, 3.8) is 0 Å². The lowest BCUT2D eigenvalue weighted by Crippen LogP contribution is -1.93. The number of rotatable bonds is 1. The Kier molecular flexibility index (Phi) is 2.13. The first kappa shape index (κ1) is 7.80. The first-order valence-electron chi connectivity index (χ1n) is 3.95. The Labute approximate surface area is 76.2 Å². The van der Waals surface area contributed by atoms with Gasteiger partial charge in [-0.1, -0.05) is 29.8 Å². The van der Waals surface area contributed by atoms with Crippen molar-refractivity contribution in [3.05, 3.63) is 35.4 Å². The fourth-order valence-corrected chi connectivity index (χ4v) is 1.83. The molecular weight excluding hydrogens is 168 g/mol. The molecule has 0 aromatic heterocycles. The largest absolute Gasteiger partial charge is 0.173 e. The van der Waals surface area contributed by atoms with E-state index in [1.165, 1.54) is 23.1 Å². The summed E-state index contributed by atoms with van der Waals surface area (Å²) in [6, 6.07) is 8.79. The summed E-state index contributed by atoms with van der Waals surface area (Å²) < 4.78 is 3.91. The highest BCUT2D eigenvalue weighted by Crippen LogP contribution is 2.29. The quantitative estimate of drug-likeness (QED) is 0.606. The number of aryl methyl sites for hydroxylation is 1. The van der Waals surface area contributed by atoms with Crippen LogP contribution in [0.25, 0.3) is 0 Å². The van der Waals surface area contributed by atoms with Gasteiger partial charge < -0.3 is 0 Å². The molecule has 1 aliphatic rings. The number of benzene rings is 1. The van der Waals surface area contributed by atoms with E-state index in [4.69, 9.17) is 0 Å². The Balaban J connectivity index is 2.23. The average molecular weight is 178 g/mol. The number of nitrogens with zero attached hydrogens (tertiary/aromatic N) is 2. The predicted molar refractivity (Wildman–Crippen MR) is 51.2 cm³/mol. The van der Waals surface area contributed by atoms with Gasteiger partial charge in [0.05, 0.1) is 0 Å². The van der Waals surface area contributed by atoms with E-state index in [0.717, 1.165) is 5.75 Å². The zero-order valence-electron chi connectivity index (χ0n) is 6.90. The molecule has 1 heterocycles. The van der Waals surface area contributed by atoms with Crippen LogP contribution in [0.4, 0.5) is 0 Å². The van der Waals surface area contributed by atoms with E-state index in [-0.39, 0.29) is 6.04 Å². The van der Waals surface area contributed by atoms with Crippen LogP contribution in [0.3, 0.4) is 0 Å². The number of hydrogen-bond acceptors (Lipinski definition) is 3. The molecular formula is C9H10N2S. The van der Waals surface area contributed by atoms with E-state index in [9.17, 15) is 0 Å². The fraction of sp³-hybridized carbons (Fsp3) is 0.333. The summed E-state index contributed by atoms with van der Waals surface area (Å²) >= 11 is 1.54. The Hall–Kier alpha value is -0.830. The summed E-state index contributed by atoms with van der Waals surface area (Å²) in [5.41, 5.74) is 2.57.